The number of aryl methyl sites for hydroxylation is 1. The SMILES string of the molecule is CCCNc1nc(C)nc(NCC(C)(O)CCC)c1C. The van der Waals surface area contributed by atoms with Crippen molar-refractivity contribution in [1.82, 2.24) is 9.97 Å². The first kappa shape index (κ1) is 16.7. The minimum absolute atomic E-state index is 0.491. The standard InChI is InChI=1S/C15H28N4O/c1-6-8-15(5,20)10-17-14-11(3)13(16-9-7-2)18-12(4)19-14/h20H,6-10H2,1-5H3,(H2,16,17,18,19). The van der Waals surface area contributed by atoms with Crippen molar-refractivity contribution >= 4 is 11.6 Å². The van der Waals surface area contributed by atoms with Crippen LogP contribution in [0.25, 0.3) is 0 Å². The Morgan fingerprint density at radius 2 is 1.65 bits per heavy atom. The van der Waals surface area contributed by atoms with Crippen LogP contribution in [0.5, 0.6) is 0 Å². The minimum atomic E-state index is -0.711. The number of anilines is 2. The van der Waals surface area contributed by atoms with E-state index in [0.717, 1.165) is 48.8 Å². The molecule has 0 amide bonds. The van der Waals surface area contributed by atoms with E-state index in [1.54, 1.807) is 0 Å². The molecule has 0 radical (unpaired) electrons. The smallest absolute Gasteiger partial charge is 0.134 e. The van der Waals surface area contributed by atoms with Gasteiger partial charge in [0, 0.05) is 18.7 Å². The van der Waals surface area contributed by atoms with Crippen LogP contribution in [0, 0.1) is 13.8 Å². The molecule has 0 aliphatic heterocycles. The van der Waals surface area contributed by atoms with Crippen LogP contribution >= 0.6 is 0 Å². The second kappa shape index (κ2) is 7.43. The third-order valence-electron chi connectivity index (χ3n) is 3.23. The molecule has 0 aliphatic carbocycles. The van der Waals surface area contributed by atoms with Gasteiger partial charge in [-0.1, -0.05) is 20.3 Å². The maximum Gasteiger partial charge on any atom is 0.134 e. The number of rotatable bonds is 8. The lowest BCUT2D eigenvalue weighted by atomic mass is 10.0. The molecule has 0 saturated heterocycles. The summed E-state index contributed by atoms with van der Waals surface area (Å²) in [5, 5.41) is 16.8. The first-order chi connectivity index (χ1) is 9.39. The number of hydrogen-bond donors (Lipinski definition) is 3. The highest BCUT2D eigenvalue weighted by Gasteiger charge is 2.19. The molecule has 5 nitrogen and oxygen atoms in total. The van der Waals surface area contributed by atoms with Crippen molar-refractivity contribution in [2.75, 3.05) is 23.7 Å². The normalized spacial score (nSPS) is 13.9. The van der Waals surface area contributed by atoms with Gasteiger partial charge in [-0.15, -0.1) is 0 Å². The van der Waals surface area contributed by atoms with E-state index in [2.05, 4.69) is 34.4 Å². The molecule has 1 rings (SSSR count). The first-order valence-corrected chi connectivity index (χ1v) is 7.45. The Morgan fingerprint density at radius 1 is 1.05 bits per heavy atom. The predicted octanol–water partition coefficient (Wildman–Crippen LogP) is 2.88. The van der Waals surface area contributed by atoms with Crippen LogP contribution in [0.1, 0.15) is 51.4 Å². The van der Waals surface area contributed by atoms with E-state index >= 15 is 0 Å². The summed E-state index contributed by atoms with van der Waals surface area (Å²) in [6, 6.07) is 0. The molecule has 5 heteroatoms. The fraction of sp³-hybridized carbons (Fsp3) is 0.733. The lowest BCUT2D eigenvalue weighted by molar-refractivity contribution is 0.0636. The molecule has 114 valence electrons. The molecule has 1 aromatic heterocycles. The molecular weight excluding hydrogens is 252 g/mol. The topological polar surface area (TPSA) is 70.1 Å². The van der Waals surface area contributed by atoms with E-state index < -0.39 is 5.60 Å². The van der Waals surface area contributed by atoms with E-state index in [4.69, 9.17) is 0 Å². The summed E-state index contributed by atoms with van der Waals surface area (Å²) in [7, 11) is 0. The zero-order valence-electron chi connectivity index (χ0n) is 13.4. The molecule has 3 N–H and O–H groups in total. The van der Waals surface area contributed by atoms with Crippen molar-refractivity contribution in [1.29, 1.82) is 0 Å². The number of hydrogen-bond acceptors (Lipinski definition) is 5. The van der Waals surface area contributed by atoms with Crippen LogP contribution < -0.4 is 10.6 Å². The number of nitrogens with zero attached hydrogens (tertiary/aromatic N) is 2. The van der Waals surface area contributed by atoms with Crippen LogP contribution in [0.3, 0.4) is 0 Å². The van der Waals surface area contributed by atoms with Gasteiger partial charge in [-0.25, -0.2) is 9.97 Å². The van der Waals surface area contributed by atoms with Gasteiger partial charge in [0.05, 0.1) is 5.60 Å². The second-order valence-electron chi connectivity index (χ2n) is 5.62. The number of nitrogens with one attached hydrogen (secondary N) is 2. The fourth-order valence-corrected chi connectivity index (χ4v) is 2.12. The van der Waals surface area contributed by atoms with Crippen molar-refractivity contribution in [2.24, 2.45) is 0 Å². The largest absolute Gasteiger partial charge is 0.388 e. The van der Waals surface area contributed by atoms with Gasteiger partial charge >= 0.3 is 0 Å². The fourth-order valence-electron chi connectivity index (χ4n) is 2.12. The third-order valence-corrected chi connectivity index (χ3v) is 3.23. The average Bonchev–Trinajstić information content (AvgIpc) is 2.37. The Balaban J connectivity index is 2.81. The van der Waals surface area contributed by atoms with Gasteiger partial charge in [0.25, 0.3) is 0 Å². The van der Waals surface area contributed by atoms with E-state index in [-0.39, 0.29) is 0 Å². The molecule has 1 atom stereocenters. The minimum Gasteiger partial charge on any atom is -0.388 e. The zero-order chi connectivity index (χ0) is 15.2. The van der Waals surface area contributed by atoms with E-state index in [1.165, 1.54) is 0 Å². The van der Waals surface area contributed by atoms with Gasteiger partial charge < -0.3 is 15.7 Å². The van der Waals surface area contributed by atoms with Crippen LogP contribution in [0.4, 0.5) is 11.6 Å². The Hall–Kier alpha value is -1.36. The molecule has 20 heavy (non-hydrogen) atoms. The number of aliphatic hydroxyl groups is 1. The van der Waals surface area contributed by atoms with E-state index in [0.29, 0.717) is 6.54 Å². The van der Waals surface area contributed by atoms with Gasteiger partial charge in [-0.2, -0.15) is 0 Å². The highest BCUT2D eigenvalue weighted by atomic mass is 16.3. The Bertz CT molecular complexity index is 432. The van der Waals surface area contributed by atoms with Crippen molar-refractivity contribution in [2.45, 2.75) is 59.5 Å². The summed E-state index contributed by atoms with van der Waals surface area (Å²) >= 11 is 0. The van der Waals surface area contributed by atoms with Crippen LogP contribution in [0.2, 0.25) is 0 Å². The van der Waals surface area contributed by atoms with Gasteiger partial charge in [0.15, 0.2) is 0 Å². The Labute approximate surface area is 122 Å². The summed E-state index contributed by atoms with van der Waals surface area (Å²) in [4.78, 5) is 8.86. The third kappa shape index (κ3) is 4.96. The first-order valence-electron chi connectivity index (χ1n) is 7.45. The maximum atomic E-state index is 10.2. The zero-order valence-corrected chi connectivity index (χ0v) is 13.4. The molecule has 1 aromatic rings. The van der Waals surface area contributed by atoms with E-state index in [1.807, 2.05) is 20.8 Å². The monoisotopic (exact) mass is 280 g/mol. The van der Waals surface area contributed by atoms with Crippen LogP contribution in [-0.2, 0) is 0 Å². The van der Waals surface area contributed by atoms with Crippen LogP contribution in [-0.4, -0.2) is 33.8 Å². The second-order valence-corrected chi connectivity index (χ2v) is 5.62. The lowest BCUT2D eigenvalue weighted by Gasteiger charge is -2.24. The summed E-state index contributed by atoms with van der Waals surface area (Å²) in [6.07, 6.45) is 2.78. The van der Waals surface area contributed by atoms with Crippen molar-refractivity contribution in [3.05, 3.63) is 11.4 Å². The summed E-state index contributed by atoms with van der Waals surface area (Å²) < 4.78 is 0. The maximum absolute atomic E-state index is 10.2. The molecule has 0 fully saturated rings. The molecule has 1 heterocycles. The van der Waals surface area contributed by atoms with Gasteiger partial charge in [0.2, 0.25) is 0 Å². The van der Waals surface area contributed by atoms with E-state index in [9.17, 15) is 5.11 Å². The van der Waals surface area contributed by atoms with Gasteiger partial charge in [-0.05, 0) is 33.6 Å². The molecule has 1 unspecified atom stereocenters. The molecule has 0 spiro atoms. The van der Waals surface area contributed by atoms with Crippen molar-refractivity contribution in [3.63, 3.8) is 0 Å². The van der Waals surface area contributed by atoms with Crippen LogP contribution in [0.15, 0.2) is 0 Å². The van der Waals surface area contributed by atoms with Crippen molar-refractivity contribution < 1.29 is 5.11 Å². The van der Waals surface area contributed by atoms with Gasteiger partial charge in [0.1, 0.15) is 17.5 Å². The van der Waals surface area contributed by atoms with Crippen molar-refractivity contribution in [3.8, 4) is 0 Å². The lowest BCUT2D eigenvalue weighted by Crippen LogP contribution is -2.33. The molecule has 0 aromatic carbocycles. The predicted molar refractivity (Wildman–Crippen MR) is 84.3 cm³/mol. The quantitative estimate of drug-likeness (QED) is 0.683. The Kier molecular flexibility index (Phi) is 6.20. The summed E-state index contributed by atoms with van der Waals surface area (Å²) in [6.45, 7) is 11.3. The highest BCUT2D eigenvalue weighted by molar-refractivity contribution is 5.57. The Morgan fingerprint density at radius 3 is 2.20 bits per heavy atom. The molecule has 0 bridgehead atoms. The summed E-state index contributed by atoms with van der Waals surface area (Å²) in [5.74, 6) is 2.40. The molecule has 0 aliphatic rings. The molecule has 0 saturated carbocycles. The molecular formula is C15H28N4O. The number of aromatic nitrogens is 2. The summed E-state index contributed by atoms with van der Waals surface area (Å²) in [5.41, 5.74) is 0.285. The highest BCUT2D eigenvalue weighted by Crippen LogP contribution is 2.21. The van der Waals surface area contributed by atoms with Gasteiger partial charge in [-0.3, -0.25) is 0 Å². The average molecular weight is 280 g/mol.